The van der Waals surface area contributed by atoms with E-state index in [1.807, 2.05) is 32.2 Å². The van der Waals surface area contributed by atoms with E-state index in [1.54, 1.807) is 12.1 Å². The summed E-state index contributed by atoms with van der Waals surface area (Å²) < 4.78 is 18.0. The van der Waals surface area contributed by atoms with Crippen molar-refractivity contribution in [3.63, 3.8) is 0 Å². The van der Waals surface area contributed by atoms with Gasteiger partial charge in [0.25, 0.3) is 5.56 Å². The first-order valence-electron chi connectivity index (χ1n) is 10.4. The summed E-state index contributed by atoms with van der Waals surface area (Å²) in [7, 11) is 3.48. The number of methoxy groups -OCH3 is 1. The van der Waals surface area contributed by atoms with Gasteiger partial charge in [-0.25, -0.2) is 9.36 Å². The summed E-state index contributed by atoms with van der Waals surface area (Å²) in [4.78, 5) is 29.1. The van der Waals surface area contributed by atoms with Crippen molar-refractivity contribution >= 4 is 0 Å². The highest BCUT2D eigenvalue weighted by molar-refractivity contribution is 5.63. The van der Waals surface area contributed by atoms with Crippen LogP contribution >= 0.6 is 0 Å². The van der Waals surface area contributed by atoms with Gasteiger partial charge in [0.1, 0.15) is 5.56 Å². The van der Waals surface area contributed by atoms with E-state index in [2.05, 4.69) is 4.98 Å². The Morgan fingerprint density at radius 1 is 1.19 bits per heavy atom. The number of fused-ring (bicyclic) bond motifs is 2. The number of aromatic nitrogens is 2. The molecule has 3 aromatic rings. The zero-order valence-electron chi connectivity index (χ0n) is 18.0. The second kappa shape index (κ2) is 7.45. The van der Waals surface area contributed by atoms with Crippen molar-refractivity contribution < 1.29 is 24.2 Å². The van der Waals surface area contributed by atoms with E-state index >= 15 is 0 Å². The molecule has 3 heterocycles. The van der Waals surface area contributed by atoms with Crippen molar-refractivity contribution in [2.75, 3.05) is 27.5 Å². The Balaban J connectivity index is 1.78. The minimum Gasteiger partial charge on any atom is -0.494 e. The Labute approximate surface area is 183 Å². The molecule has 9 nitrogen and oxygen atoms in total. The molecule has 5 rings (SSSR count). The van der Waals surface area contributed by atoms with Crippen molar-refractivity contribution in [2.45, 2.75) is 19.4 Å². The number of hydrogen-bond donors (Lipinski definition) is 3. The summed E-state index contributed by atoms with van der Waals surface area (Å²) in [6.45, 7) is 2.73. The van der Waals surface area contributed by atoms with Gasteiger partial charge in [0.2, 0.25) is 18.4 Å². The van der Waals surface area contributed by atoms with Crippen LogP contribution in [-0.2, 0) is 6.42 Å². The van der Waals surface area contributed by atoms with Gasteiger partial charge in [-0.05, 0) is 30.7 Å². The SMILES string of the molecule is COc1c2c(cc3c1[C@@H](c1c(O)n(-c4ccc(C)cc4)c(=O)[nH]c1=O)[NH+](C)CC3)OCO2. The standard InChI is InChI=1S/C23H23N3O6/c1-12-4-6-14(7-5-12)26-22(28)17(21(27)24-23(26)29)18-16-13(8-9-25(18)2)10-15-19(20(16)30-3)32-11-31-15/h4-7,10,18,28H,8-9,11H2,1-3H3,(H,24,27,29)/p+1/t18-/m0/s1. The van der Waals surface area contributed by atoms with E-state index in [0.29, 0.717) is 29.5 Å². The van der Waals surface area contributed by atoms with E-state index in [4.69, 9.17) is 14.2 Å². The van der Waals surface area contributed by atoms with Crippen molar-refractivity contribution in [3.8, 4) is 28.8 Å². The number of aryl methyl sites for hydroxylation is 1. The van der Waals surface area contributed by atoms with Gasteiger partial charge in [-0.3, -0.25) is 9.78 Å². The highest BCUT2D eigenvalue weighted by Gasteiger charge is 2.41. The van der Waals surface area contributed by atoms with Crippen molar-refractivity contribution in [3.05, 3.63) is 73.4 Å². The molecule has 0 bridgehead atoms. The van der Waals surface area contributed by atoms with Gasteiger partial charge < -0.3 is 24.2 Å². The number of rotatable bonds is 3. The van der Waals surface area contributed by atoms with Crippen LogP contribution in [0.25, 0.3) is 5.69 Å². The first kappa shape index (κ1) is 20.2. The largest absolute Gasteiger partial charge is 0.494 e. The lowest BCUT2D eigenvalue weighted by Crippen LogP contribution is -3.10. The smallest absolute Gasteiger partial charge is 0.335 e. The lowest BCUT2D eigenvalue weighted by atomic mass is 9.87. The normalized spacial score (nSPS) is 19.0. The molecule has 0 spiro atoms. The van der Waals surface area contributed by atoms with Crippen LogP contribution in [0.1, 0.15) is 28.3 Å². The molecule has 2 aliphatic heterocycles. The van der Waals surface area contributed by atoms with Crippen LogP contribution in [0.15, 0.2) is 39.9 Å². The Morgan fingerprint density at radius 3 is 2.66 bits per heavy atom. The number of benzene rings is 2. The zero-order chi connectivity index (χ0) is 22.6. The van der Waals surface area contributed by atoms with Crippen molar-refractivity contribution in [1.29, 1.82) is 0 Å². The molecular formula is C23H24N3O6+. The maximum Gasteiger partial charge on any atom is 0.335 e. The van der Waals surface area contributed by atoms with E-state index in [0.717, 1.165) is 32.6 Å². The molecule has 32 heavy (non-hydrogen) atoms. The minimum atomic E-state index is -0.702. The quantitative estimate of drug-likeness (QED) is 0.548. The summed E-state index contributed by atoms with van der Waals surface area (Å²) in [6.07, 6.45) is 0.737. The zero-order valence-corrected chi connectivity index (χ0v) is 18.0. The van der Waals surface area contributed by atoms with Gasteiger partial charge in [0.05, 0.1) is 32.0 Å². The fourth-order valence-electron chi connectivity index (χ4n) is 4.65. The minimum absolute atomic E-state index is 0.0894. The average molecular weight is 438 g/mol. The second-order valence-electron chi connectivity index (χ2n) is 8.16. The number of hydrogen-bond acceptors (Lipinski definition) is 6. The number of nitrogens with one attached hydrogen (secondary N) is 2. The number of H-pyrrole nitrogens is 1. The molecule has 1 aromatic heterocycles. The van der Waals surface area contributed by atoms with Crippen LogP contribution in [0.5, 0.6) is 23.1 Å². The number of aromatic amines is 1. The number of quaternary nitrogens is 1. The molecule has 0 fully saturated rings. The number of likely N-dealkylation sites (N-methyl/N-ethyl adjacent to an activating group) is 1. The number of nitrogens with zero attached hydrogens (tertiary/aromatic N) is 1. The van der Waals surface area contributed by atoms with Gasteiger partial charge >= 0.3 is 5.69 Å². The third-order valence-corrected chi connectivity index (χ3v) is 6.22. The third-order valence-electron chi connectivity index (χ3n) is 6.22. The molecule has 0 saturated carbocycles. The molecule has 9 heteroatoms. The van der Waals surface area contributed by atoms with Crippen LogP contribution in [0, 0.1) is 6.92 Å². The van der Waals surface area contributed by atoms with Gasteiger partial charge in [0.15, 0.2) is 17.5 Å². The number of aromatic hydroxyl groups is 1. The van der Waals surface area contributed by atoms with Crippen molar-refractivity contribution in [1.82, 2.24) is 9.55 Å². The summed E-state index contributed by atoms with van der Waals surface area (Å²) >= 11 is 0. The predicted molar refractivity (Wildman–Crippen MR) is 115 cm³/mol. The molecule has 2 aromatic carbocycles. The molecule has 0 radical (unpaired) electrons. The molecule has 0 saturated heterocycles. The molecule has 3 N–H and O–H groups in total. The molecule has 166 valence electrons. The fourth-order valence-corrected chi connectivity index (χ4v) is 4.65. The summed E-state index contributed by atoms with van der Waals surface area (Å²) in [5, 5.41) is 11.3. The maximum atomic E-state index is 13.0. The topological polar surface area (TPSA) is 107 Å². The van der Waals surface area contributed by atoms with Crippen molar-refractivity contribution in [2.24, 2.45) is 0 Å². The molecule has 0 amide bonds. The highest BCUT2D eigenvalue weighted by Crippen LogP contribution is 2.48. The molecule has 0 aliphatic carbocycles. The van der Waals surface area contributed by atoms with Gasteiger partial charge in [0, 0.05) is 6.42 Å². The van der Waals surface area contributed by atoms with Crippen LogP contribution in [0.3, 0.4) is 0 Å². The Morgan fingerprint density at radius 2 is 1.94 bits per heavy atom. The number of ether oxygens (including phenoxy) is 3. The average Bonchev–Trinajstić information content (AvgIpc) is 3.23. The van der Waals surface area contributed by atoms with Gasteiger partial charge in [-0.2, -0.15) is 0 Å². The molecular weight excluding hydrogens is 414 g/mol. The molecule has 1 unspecified atom stereocenters. The van der Waals surface area contributed by atoms with Crippen LogP contribution in [0.2, 0.25) is 0 Å². The van der Waals surface area contributed by atoms with Crippen LogP contribution in [0.4, 0.5) is 0 Å². The maximum absolute atomic E-state index is 13.0. The van der Waals surface area contributed by atoms with Crippen LogP contribution in [-0.4, -0.2) is 42.2 Å². The Kier molecular flexibility index (Phi) is 4.70. The molecule has 2 aliphatic rings. The second-order valence-corrected chi connectivity index (χ2v) is 8.16. The van der Waals surface area contributed by atoms with Gasteiger partial charge in [-0.1, -0.05) is 17.7 Å². The lowest BCUT2D eigenvalue weighted by Gasteiger charge is -2.33. The van der Waals surface area contributed by atoms with E-state index < -0.39 is 17.3 Å². The first-order valence-corrected chi connectivity index (χ1v) is 10.4. The highest BCUT2D eigenvalue weighted by atomic mass is 16.7. The predicted octanol–water partition coefficient (Wildman–Crippen LogP) is 0.437. The van der Waals surface area contributed by atoms with E-state index in [9.17, 15) is 14.7 Å². The first-order chi connectivity index (χ1) is 15.4. The summed E-state index contributed by atoms with van der Waals surface area (Å²) in [6, 6.07) is 8.45. The Hall–Kier alpha value is -3.72. The summed E-state index contributed by atoms with van der Waals surface area (Å²) in [5.74, 6) is 1.17. The van der Waals surface area contributed by atoms with E-state index in [-0.39, 0.29) is 18.2 Å². The third kappa shape index (κ3) is 2.96. The summed E-state index contributed by atoms with van der Waals surface area (Å²) in [5.41, 5.74) is 1.93. The van der Waals surface area contributed by atoms with Crippen LogP contribution < -0.4 is 30.4 Å². The Bertz CT molecular complexity index is 1330. The van der Waals surface area contributed by atoms with Gasteiger partial charge in [-0.15, -0.1) is 0 Å². The molecule has 2 atom stereocenters. The van der Waals surface area contributed by atoms with E-state index in [1.165, 1.54) is 7.11 Å². The monoisotopic (exact) mass is 438 g/mol. The fraction of sp³-hybridized carbons (Fsp3) is 0.304. The lowest BCUT2D eigenvalue weighted by molar-refractivity contribution is -0.908.